The van der Waals surface area contributed by atoms with Crippen molar-refractivity contribution < 1.29 is 9.18 Å². The molecule has 2 N–H and O–H groups in total. The lowest BCUT2D eigenvalue weighted by atomic mass is 9.95. The lowest BCUT2D eigenvalue weighted by molar-refractivity contribution is 0.103. The smallest absolute Gasteiger partial charge is 0.194 e. The standard InChI is InChI=1S/C13H11ClFNO/c14-11-8-13(15,16)7-6-10(11)12(17)9-4-2-1-3-5-9/h1-7H,8,16H2. The van der Waals surface area contributed by atoms with E-state index in [2.05, 4.69) is 0 Å². The first kappa shape index (κ1) is 12.0. The van der Waals surface area contributed by atoms with Crippen molar-refractivity contribution >= 4 is 17.4 Å². The Morgan fingerprint density at radius 1 is 1.35 bits per heavy atom. The van der Waals surface area contributed by atoms with Gasteiger partial charge in [0.1, 0.15) is 0 Å². The minimum atomic E-state index is -1.96. The third-order valence-electron chi connectivity index (χ3n) is 2.53. The Morgan fingerprint density at radius 3 is 2.59 bits per heavy atom. The number of alkyl halides is 1. The van der Waals surface area contributed by atoms with Crippen LogP contribution in [-0.2, 0) is 0 Å². The van der Waals surface area contributed by atoms with Crippen molar-refractivity contribution in [2.24, 2.45) is 5.73 Å². The number of carbonyl (C=O) groups is 1. The van der Waals surface area contributed by atoms with E-state index in [0.29, 0.717) is 11.1 Å². The summed E-state index contributed by atoms with van der Waals surface area (Å²) in [5, 5.41) is 0.159. The van der Waals surface area contributed by atoms with Crippen LogP contribution in [0, 0.1) is 0 Å². The summed E-state index contributed by atoms with van der Waals surface area (Å²) in [5.41, 5.74) is 6.11. The fourth-order valence-corrected chi connectivity index (χ4v) is 2.00. The van der Waals surface area contributed by atoms with E-state index in [1.165, 1.54) is 6.08 Å². The van der Waals surface area contributed by atoms with Gasteiger partial charge in [-0.15, -0.1) is 0 Å². The molecule has 1 unspecified atom stereocenters. The quantitative estimate of drug-likeness (QED) is 0.649. The molecule has 1 aromatic rings. The number of hydrogen-bond acceptors (Lipinski definition) is 2. The van der Waals surface area contributed by atoms with E-state index in [9.17, 15) is 9.18 Å². The van der Waals surface area contributed by atoms with Crippen LogP contribution in [0.3, 0.4) is 0 Å². The Balaban J connectivity index is 2.31. The van der Waals surface area contributed by atoms with Gasteiger partial charge < -0.3 is 0 Å². The van der Waals surface area contributed by atoms with Crippen molar-refractivity contribution in [1.82, 2.24) is 0 Å². The van der Waals surface area contributed by atoms with E-state index < -0.39 is 5.79 Å². The number of allylic oxidation sites excluding steroid dienone is 2. The Hall–Kier alpha value is -1.45. The molecule has 2 rings (SSSR count). The van der Waals surface area contributed by atoms with E-state index in [4.69, 9.17) is 17.3 Å². The van der Waals surface area contributed by atoms with Gasteiger partial charge in [0.05, 0.1) is 0 Å². The van der Waals surface area contributed by atoms with Gasteiger partial charge in [-0.3, -0.25) is 10.5 Å². The van der Waals surface area contributed by atoms with Gasteiger partial charge in [0.25, 0.3) is 0 Å². The molecule has 0 spiro atoms. The minimum Gasteiger partial charge on any atom is -0.296 e. The van der Waals surface area contributed by atoms with Crippen LogP contribution in [0.5, 0.6) is 0 Å². The summed E-state index contributed by atoms with van der Waals surface area (Å²) >= 11 is 5.90. The molecule has 0 amide bonds. The van der Waals surface area contributed by atoms with Crippen molar-refractivity contribution in [3.8, 4) is 0 Å². The van der Waals surface area contributed by atoms with Gasteiger partial charge in [0.2, 0.25) is 0 Å². The first-order valence-electron chi connectivity index (χ1n) is 5.15. The number of carbonyl (C=O) groups excluding carboxylic acids is 1. The summed E-state index contributed by atoms with van der Waals surface area (Å²) in [4.78, 5) is 12.1. The molecule has 0 heterocycles. The Kier molecular flexibility index (Phi) is 3.13. The highest BCUT2D eigenvalue weighted by molar-refractivity contribution is 6.33. The molecule has 0 aromatic heterocycles. The second-order valence-corrected chi connectivity index (χ2v) is 4.41. The predicted molar refractivity (Wildman–Crippen MR) is 65.4 cm³/mol. The largest absolute Gasteiger partial charge is 0.296 e. The molecule has 0 aliphatic heterocycles. The van der Waals surface area contributed by atoms with Crippen molar-refractivity contribution in [1.29, 1.82) is 0 Å². The molecule has 17 heavy (non-hydrogen) atoms. The summed E-state index contributed by atoms with van der Waals surface area (Å²) in [6.45, 7) is 0. The van der Waals surface area contributed by atoms with Crippen molar-refractivity contribution in [3.05, 3.63) is 58.7 Å². The zero-order chi connectivity index (χ0) is 12.5. The maximum absolute atomic E-state index is 13.4. The van der Waals surface area contributed by atoms with E-state index in [1.54, 1.807) is 24.3 Å². The molecule has 4 heteroatoms. The zero-order valence-corrected chi connectivity index (χ0v) is 9.75. The molecule has 0 radical (unpaired) electrons. The van der Waals surface area contributed by atoms with Crippen LogP contribution in [0.4, 0.5) is 4.39 Å². The molecular weight excluding hydrogens is 241 g/mol. The van der Waals surface area contributed by atoms with Crippen LogP contribution >= 0.6 is 11.6 Å². The number of Topliss-reactive ketones (excluding diaryl/α,β-unsaturated/α-hetero) is 1. The van der Waals surface area contributed by atoms with Gasteiger partial charge >= 0.3 is 0 Å². The number of nitrogens with two attached hydrogens (primary N) is 1. The summed E-state index contributed by atoms with van der Waals surface area (Å²) in [5.74, 6) is -2.18. The molecule has 0 bridgehead atoms. The highest BCUT2D eigenvalue weighted by Crippen LogP contribution is 2.30. The molecule has 1 aliphatic carbocycles. The number of hydrogen-bond donors (Lipinski definition) is 1. The first-order chi connectivity index (χ1) is 7.99. The second kappa shape index (κ2) is 4.43. The molecule has 1 aromatic carbocycles. The Labute approximate surface area is 104 Å². The SMILES string of the molecule is NC1(F)C=CC(C(=O)c2ccccc2)=C(Cl)C1. The van der Waals surface area contributed by atoms with Gasteiger partial charge in [0.15, 0.2) is 11.6 Å². The number of ketones is 1. The molecule has 0 fully saturated rings. The minimum absolute atomic E-state index is 0.159. The van der Waals surface area contributed by atoms with Crippen LogP contribution in [0.2, 0.25) is 0 Å². The average Bonchev–Trinajstić information content (AvgIpc) is 2.28. The molecule has 88 valence electrons. The van der Waals surface area contributed by atoms with Gasteiger partial charge in [-0.2, -0.15) is 0 Å². The summed E-state index contributed by atoms with van der Waals surface area (Å²) in [7, 11) is 0. The second-order valence-electron chi connectivity index (χ2n) is 3.95. The highest BCUT2D eigenvalue weighted by atomic mass is 35.5. The Bertz CT molecular complexity index is 505. The van der Waals surface area contributed by atoms with Gasteiger partial charge in [-0.05, 0) is 12.2 Å². The lowest BCUT2D eigenvalue weighted by Crippen LogP contribution is -2.34. The number of rotatable bonds is 2. The monoisotopic (exact) mass is 251 g/mol. The number of benzene rings is 1. The topological polar surface area (TPSA) is 43.1 Å². The molecule has 1 aliphatic rings. The predicted octanol–water partition coefficient (Wildman–Crippen LogP) is 2.95. The van der Waals surface area contributed by atoms with Crippen LogP contribution in [0.1, 0.15) is 16.8 Å². The fraction of sp³-hybridized carbons (Fsp3) is 0.154. The molecule has 0 saturated heterocycles. The first-order valence-corrected chi connectivity index (χ1v) is 5.53. The van der Waals surface area contributed by atoms with Crippen LogP contribution in [0.25, 0.3) is 0 Å². The Morgan fingerprint density at radius 2 is 2.00 bits per heavy atom. The van der Waals surface area contributed by atoms with Gasteiger partial charge in [-0.25, -0.2) is 4.39 Å². The normalized spacial score (nSPS) is 23.9. The van der Waals surface area contributed by atoms with E-state index in [0.717, 1.165) is 6.08 Å². The molecule has 0 saturated carbocycles. The van der Waals surface area contributed by atoms with E-state index in [1.807, 2.05) is 6.07 Å². The van der Waals surface area contributed by atoms with Gasteiger partial charge in [0, 0.05) is 22.6 Å². The third-order valence-corrected chi connectivity index (χ3v) is 2.86. The van der Waals surface area contributed by atoms with Crippen molar-refractivity contribution in [2.75, 3.05) is 0 Å². The number of halogens is 2. The maximum Gasteiger partial charge on any atom is 0.194 e. The summed E-state index contributed by atoms with van der Waals surface area (Å²) in [6.07, 6.45) is 2.34. The van der Waals surface area contributed by atoms with Crippen molar-refractivity contribution in [3.63, 3.8) is 0 Å². The molecular formula is C13H11ClFNO. The van der Waals surface area contributed by atoms with Crippen LogP contribution in [-0.4, -0.2) is 11.6 Å². The van der Waals surface area contributed by atoms with Gasteiger partial charge in [-0.1, -0.05) is 41.9 Å². The fourth-order valence-electron chi connectivity index (χ4n) is 1.65. The summed E-state index contributed by atoms with van der Waals surface area (Å²) in [6, 6.07) is 8.71. The molecule has 2 nitrogen and oxygen atoms in total. The van der Waals surface area contributed by atoms with Crippen LogP contribution in [0.15, 0.2) is 53.1 Å². The van der Waals surface area contributed by atoms with Crippen LogP contribution < -0.4 is 5.73 Å². The lowest BCUT2D eigenvalue weighted by Gasteiger charge is -2.21. The third kappa shape index (κ3) is 2.62. The highest BCUT2D eigenvalue weighted by Gasteiger charge is 2.28. The summed E-state index contributed by atoms with van der Waals surface area (Å²) < 4.78 is 13.4. The van der Waals surface area contributed by atoms with E-state index in [-0.39, 0.29) is 17.2 Å². The molecule has 1 atom stereocenters. The van der Waals surface area contributed by atoms with Crippen molar-refractivity contribution in [2.45, 2.75) is 12.2 Å². The zero-order valence-electron chi connectivity index (χ0n) is 8.99. The van der Waals surface area contributed by atoms with E-state index >= 15 is 0 Å². The average molecular weight is 252 g/mol. The maximum atomic E-state index is 13.4.